The first-order chi connectivity index (χ1) is 11.8. The van der Waals surface area contributed by atoms with E-state index in [0.29, 0.717) is 18.0 Å². The first-order valence-electron chi connectivity index (χ1n) is 9.18. The van der Waals surface area contributed by atoms with Crippen LogP contribution in [-0.2, 0) is 11.3 Å². The van der Waals surface area contributed by atoms with Gasteiger partial charge in [-0.3, -0.25) is 9.59 Å². The van der Waals surface area contributed by atoms with Gasteiger partial charge in [0.2, 0.25) is 5.91 Å². The normalized spacial score (nSPS) is 19.0. The third kappa shape index (κ3) is 5.05. The van der Waals surface area contributed by atoms with Crippen molar-refractivity contribution in [1.29, 1.82) is 0 Å². The lowest BCUT2D eigenvalue weighted by atomic mass is 9.92. The highest BCUT2D eigenvalue weighted by molar-refractivity contribution is 5.94. The SMILES string of the molecule is CC(C)C(=O)N(C)Cc1ccc(C(=O)N2CCCC(C(C)N)C2)cc1. The summed E-state index contributed by atoms with van der Waals surface area (Å²) in [6, 6.07) is 7.71. The first-order valence-corrected chi connectivity index (χ1v) is 9.18. The van der Waals surface area contributed by atoms with Crippen LogP contribution in [0.25, 0.3) is 0 Å². The molecule has 25 heavy (non-hydrogen) atoms. The van der Waals surface area contributed by atoms with Crippen LogP contribution in [0.2, 0.25) is 0 Å². The van der Waals surface area contributed by atoms with Gasteiger partial charge in [-0.25, -0.2) is 0 Å². The average Bonchev–Trinajstić information content (AvgIpc) is 2.61. The summed E-state index contributed by atoms with van der Waals surface area (Å²) >= 11 is 0. The molecule has 0 spiro atoms. The predicted octanol–water partition coefficient (Wildman–Crippen LogP) is 2.50. The van der Waals surface area contributed by atoms with Crippen LogP contribution in [-0.4, -0.2) is 47.8 Å². The Balaban J connectivity index is 1.99. The summed E-state index contributed by atoms with van der Waals surface area (Å²) in [5, 5.41) is 0. The highest BCUT2D eigenvalue weighted by Crippen LogP contribution is 2.21. The maximum atomic E-state index is 12.7. The molecule has 1 fully saturated rings. The molecule has 0 aromatic heterocycles. The molecular formula is C20H31N3O2. The molecular weight excluding hydrogens is 314 g/mol. The van der Waals surface area contributed by atoms with E-state index in [2.05, 4.69) is 0 Å². The molecule has 0 bridgehead atoms. The number of piperidine rings is 1. The van der Waals surface area contributed by atoms with Crippen molar-refractivity contribution in [3.8, 4) is 0 Å². The van der Waals surface area contributed by atoms with Gasteiger partial charge >= 0.3 is 0 Å². The number of benzene rings is 1. The Morgan fingerprint density at radius 3 is 2.44 bits per heavy atom. The fraction of sp³-hybridized carbons (Fsp3) is 0.600. The van der Waals surface area contributed by atoms with Crippen LogP contribution < -0.4 is 5.73 Å². The van der Waals surface area contributed by atoms with E-state index < -0.39 is 0 Å². The van der Waals surface area contributed by atoms with Crippen molar-refractivity contribution in [2.45, 2.75) is 46.2 Å². The monoisotopic (exact) mass is 345 g/mol. The molecule has 2 N–H and O–H groups in total. The maximum Gasteiger partial charge on any atom is 0.253 e. The zero-order valence-corrected chi connectivity index (χ0v) is 15.9. The summed E-state index contributed by atoms with van der Waals surface area (Å²) in [7, 11) is 1.81. The van der Waals surface area contributed by atoms with Crippen molar-refractivity contribution in [3.05, 3.63) is 35.4 Å². The summed E-state index contributed by atoms with van der Waals surface area (Å²) in [6.07, 6.45) is 2.11. The molecule has 1 heterocycles. The predicted molar refractivity (Wildman–Crippen MR) is 100 cm³/mol. The third-order valence-corrected chi connectivity index (χ3v) is 4.98. The molecule has 1 saturated heterocycles. The minimum atomic E-state index is -0.0113. The second-order valence-corrected chi connectivity index (χ2v) is 7.56. The van der Waals surface area contributed by atoms with Crippen LogP contribution in [0.1, 0.15) is 49.5 Å². The Morgan fingerprint density at radius 1 is 1.24 bits per heavy atom. The van der Waals surface area contributed by atoms with E-state index in [0.717, 1.165) is 31.5 Å². The molecule has 5 nitrogen and oxygen atoms in total. The third-order valence-electron chi connectivity index (χ3n) is 4.98. The van der Waals surface area contributed by atoms with Crippen LogP contribution in [0.4, 0.5) is 0 Å². The van der Waals surface area contributed by atoms with Gasteiger partial charge < -0.3 is 15.5 Å². The summed E-state index contributed by atoms with van der Waals surface area (Å²) in [5.41, 5.74) is 7.74. The number of nitrogens with two attached hydrogens (primary N) is 1. The van der Waals surface area contributed by atoms with Crippen molar-refractivity contribution in [2.24, 2.45) is 17.6 Å². The summed E-state index contributed by atoms with van der Waals surface area (Å²) in [5.74, 6) is 0.564. The van der Waals surface area contributed by atoms with Gasteiger partial charge in [0.25, 0.3) is 5.91 Å². The van der Waals surface area contributed by atoms with Crippen LogP contribution in [0.15, 0.2) is 24.3 Å². The molecule has 1 aliphatic rings. The Hall–Kier alpha value is -1.88. The first kappa shape index (κ1) is 19.4. The summed E-state index contributed by atoms with van der Waals surface area (Å²) < 4.78 is 0. The quantitative estimate of drug-likeness (QED) is 0.891. The van der Waals surface area contributed by atoms with E-state index in [1.807, 2.05) is 57.0 Å². The number of likely N-dealkylation sites (tertiary alicyclic amines) is 1. The second-order valence-electron chi connectivity index (χ2n) is 7.56. The van der Waals surface area contributed by atoms with Crippen molar-refractivity contribution in [2.75, 3.05) is 20.1 Å². The lowest BCUT2D eigenvalue weighted by molar-refractivity contribution is -0.133. The number of amides is 2. The van der Waals surface area contributed by atoms with Crippen molar-refractivity contribution >= 4 is 11.8 Å². The molecule has 2 rings (SSSR count). The lowest BCUT2D eigenvalue weighted by Gasteiger charge is -2.34. The molecule has 5 heteroatoms. The van der Waals surface area contributed by atoms with E-state index in [4.69, 9.17) is 5.73 Å². The van der Waals surface area contributed by atoms with Crippen LogP contribution in [0, 0.1) is 11.8 Å². The molecule has 0 saturated carbocycles. The van der Waals surface area contributed by atoms with Crippen molar-refractivity contribution in [3.63, 3.8) is 0 Å². The van der Waals surface area contributed by atoms with Gasteiger partial charge in [0.15, 0.2) is 0 Å². The fourth-order valence-corrected chi connectivity index (χ4v) is 3.35. The largest absolute Gasteiger partial charge is 0.341 e. The number of carbonyl (C=O) groups is 2. The molecule has 1 aromatic carbocycles. The number of rotatable bonds is 5. The summed E-state index contributed by atoms with van der Waals surface area (Å²) in [6.45, 7) is 7.91. The number of carbonyl (C=O) groups excluding carboxylic acids is 2. The molecule has 2 atom stereocenters. The summed E-state index contributed by atoms with van der Waals surface area (Å²) in [4.78, 5) is 28.3. The zero-order chi connectivity index (χ0) is 18.6. The Labute approximate surface area is 151 Å². The van der Waals surface area contributed by atoms with Gasteiger partial charge in [-0.05, 0) is 43.4 Å². The van der Waals surface area contributed by atoms with E-state index in [-0.39, 0.29) is 23.8 Å². The average molecular weight is 345 g/mol. The maximum absolute atomic E-state index is 12.7. The molecule has 1 aliphatic heterocycles. The van der Waals surface area contributed by atoms with Gasteiger partial charge in [0.1, 0.15) is 0 Å². The van der Waals surface area contributed by atoms with E-state index >= 15 is 0 Å². The van der Waals surface area contributed by atoms with Crippen molar-refractivity contribution in [1.82, 2.24) is 9.80 Å². The van der Waals surface area contributed by atoms with E-state index in [1.165, 1.54) is 0 Å². The highest BCUT2D eigenvalue weighted by atomic mass is 16.2. The minimum absolute atomic E-state index is 0.0113. The molecule has 138 valence electrons. The molecule has 2 amide bonds. The fourth-order valence-electron chi connectivity index (χ4n) is 3.35. The number of hydrogen-bond acceptors (Lipinski definition) is 3. The van der Waals surface area contributed by atoms with Gasteiger partial charge in [-0.1, -0.05) is 26.0 Å². The van der Waals surface area contributed by atoms with Crippen LogP contribution >= 0.6 is 0 Å². The highest BCUT2D eigenvalue weighted by Gasteiger charge is 2.26. The van der Waals surface area contributed by atoms with Gasteiger partial charge in [-0.15, -0.1) is 0 Å². The molecule has 1 aromatic rings. The van der Waals surface area contributed by atoms with Crippen LogP contribution in [0.5, 0.6) is 0 Å². The Bertz CT molecular complexity index is 595. The zero-order valence-electron chi connectivity index (χ0n) is 15.9. The smallest absolute Gasteiger partial charge is 0.253 e. The number of hydrogen-bond donors (Lipinski definition) is 1. The Morgan fingerprint density at radius 2 is 1.88 bits per heavy atom. The Kier molecular flexibility index (Phi) is 6.59. The van der Waals surface area contributed by atoms with E-state index in [9.17, 15) is 9.59 Å². The molecule has 0 radical (unpaired) electrons. The van der Waals surface area contributed by atoms with E-state index in [1.54, 1.807) is 4.90 Å². The van der Waals surface area contributed by atoms with Gasteiger partial charge in [0, 0.05) is 44.2 Å². The van der Waals surface area contributed by atoms with Crippen LogP contribution in [0.3, 0.4) is 0 Å². The van der Waals surface area contributed by atoms with Gasteiger partial charge in [0.05, 0.1) is 0 Å². The molecule has 2 unspecified atom stereocenters. The minimum Gasteiger partial charge on any atom is -0.341 e. The lowest BCUT2D eigenvalue weighted by Crippen LogP contribution is -2.45. The van der Waals surface area contributed by atoms with Crippen molar-refractivity contribution < 1.29 is 9.59 Å². The number of nitrogens with zero attached hydrogens (tertiary/aromatic N) is 2. The topological polar surface area (TPSA) is 66.6 Å². The van der Waals surface area contributed by atoms with Gasteiger partial charge in [-0.2, -0.15) is 0 Å². The second kappa shape index (κ2) is 8.48. The standard InChI is InChI=1S/C20H31N3O2/c1-14(2)19(24)22(4)12-16-7-9-17(10-8-16)20(25)23-11-5-6-18(13-23)15(3)21/h7-10,14-15,18H,5-6,11-13,21H2,1-4H3. The molecule has 0 aliphatic carbocycles.